The van der Waals surface area contributed by atoms with Crippen molar-refractivity contribution in [2.45, 2.75) is 17.8 Å². The lowest BCUT2D eigenvalue weighted by Crippen LogP contribution is -2.50. The summed E-state index contributed by atoms with van der Waals surface area (Å²) < 4.78 is 5.02. The monoisotopic (exact) mass is 424 g/mol. The minimum atomic E-state index is -0.309. The number of aromatic amines is 1. The summed E-state index contributed by atoms with van der Waals surface area (Å²) >= 11 is 1.64. The lowest BCUT2D eigenvalue weighted by atomic mass is 10.1. The van der Waals surface area contributed by atoms with Crippen molar-refractivity contribution < 1.29 is 14.3 Å². The fourth-order valence-electron chi connectivity index (χ4n) is 3.38. The average molecular weight is 425 g/mol. The second-order valence-electron chi connectivity index (χ2n) is 7.02. The van der Waals surface area contributed by atoms with E-state index in [4.69, 9.17) is 4.74 Å². The van der Waals surface area contributed by atoms with Crippen LogP contribution >= 0.6 is 11.8 Å². The van der Waals surface area contributed by atoms with Gasteiger partial charge in [-0.15, -0.1) is 0 Å². The van der Waals surface area contributed by atoms with Crippen molar-refractivity contribution in [1.82, 2.24) is 19.8 Å². The number of nitrogens with zero attached hydrogens (tertiary/aromatic N) is 3. The second-order valence-corrected chi connectivity index (χ2v) is 7.99. The van der Waals surface area contributed by atoms with Gasteiger partial charge in [-0.3, -0.25) is 4.79 Å². The standard InChI is InChI=1S/C22H24N4O3S/c1-2-29-22(28)26-13-11-25(12-14-26)20(27)17-9-7-16(8-10-17)15-30-21-23-18-5-3-4-6-19(18)24-21/h3-10H,2,11-15H2,1H3,(H,23,24). The predicted molar refractivity (Wildman–Crippen MR) is 117 cm³/mol. The van der Waals surface area contributed by atoms with Crippen LogP contribution in [0.4, 0.5) is 4.79 Å². The molecule has 1 saturated heterocycles. The Morgan fingerprint density at radius 1 is 1.03 bits per heavy atom. The number of imidazole rings is 1. The zero-order valence-electron chi connectivity index (χ0n) is 16.8. The van der Waals surface area contributed by atoms with Crippen molar-refractivity contribution in [1.29, 1.82) is 0 Å². The SMILES string of the molecule is CCOC(=O)N1CCN(C(=O)c2ccc(CSc3nc4ccccc4[nH]3)cc2)CC1. The number of hydrogen-bond donors (Lipinski definition) is 1. The van der Waals surface area contributed by atoms with Crippen molar-refractivity contribution in [2.75, 3.05) is 32.8 Å². The van der Waals surface area contributed by atoms with Gasteiger partial charge in [0.15, 0.2) is 5.16 Å². The molecule has 1 aliphatic heterocycles. The van der Waals surface area contributed by atoms with Gasteiger partial charge >= 0.3 is 6.09 Å². The number of para-hydroxylation sites is 2. The Bertz CT molecular complexity index is 993. The molecule has 0 radical (unpaired) electrons. The minimum Gasteiger partial charge on any atom is -0.450 e. The van der Waals surface area contributed by atoms with Crippen molar-refractivity contribution in [3.8, 4) is 0 Å². The molecule has 156 valence electrons. The number of nitrogens with one attached hydrogen (secondary N) is 1. The molecule has 3 aromatic rings. The smallest absolute Gasteiger partial charge is 0.409 e. The van der Waals surface area contributed by atoms with Gasteiger partial charge in [-0.1, -0.05) is 36.0 Å². The number of benzene rings is 2. The van der Waals surface area contributed by atoms with E-state index in [2.05, 4.69) is 9.97 Å². The summed E-state index contributed by atoms with van der Waals surface area (Å²) in [6.45, 7) is 4.17. The second kappa shape index (κ2) is 9.21. The van der Waals surface area contributed by atoms with Crippen molar-refractivity contribution in [3.63, 3.8) is 0 Å². The number of hydrogen-bond acceptors (Lipinski definition) is 5. The summed E-state index contributed by atoms with van der Waals surface area (Å²) in [6.07, 6.45) is -0.309. The van der Waals surface area contributed by atoms with Crippen LogP contribution in [0.15, 0.2) is 53.7 Å². The number of H-pyrrole nitrogens is 1. The molecule has 1 aliphatic rings. The Kier molecular flexibility index (Phi) is 6.23. The van der Waals surface area contributed by atoms with Gasteiger partial charge in [0, 0.05) is 37.5 Å². The van der Waals surface area contributed by atoms with E-state index >= 15 is 0 Å². The highest BCUT2D eigenvalue weighted by atomic mass is 32.2. The van der Waals surface area contributed by atoms with Crippen LogP contribution in [-0.4, -0.2) is 64.6 Å². The number of aromatic nitrogens is 2. The number of rotatable bonds is 5. The topological polar surface area (TPSA) is 78.5 Å². The third-order valence-corrected chi connectivity index (χ3v) is 5.98. The summed E-state index contributed by atoms with van der Waals surface area (Å²) in [7, 11) is 0. The Labute approximate surface area is 179 Å². The molecule has 1 fully saturated rings. The Hall–Kier alpha value is -3.00. The molecule has 2 amide bonds. The van der Waals surface area contributed by atoms with E-state index in [1.54, 1.807) is 28.5 Å². The molecule has 8 heteroatoms. The zero-order valence-corrected chi connectivity index (χ0v) is 17.7. The normalized spacial score (nSPS) is 14.2. The van der Waals surface area contributed by atoms with Crippen LogP contribution in [0.25, 0.3) is 11.0 Å². The van der Waals surface area contributed by atoms with E-state index in [0.29, 0.717) is 38.3 Å². The van der Waals surface area contributed by atoms with Gasteiger partial charge in [-0.2, -0.15) is 0 Å². The molecular formula is C22H24N4O3S. The third-order valence-electron chi connectivity index (χ3n) is 5.04. The van der Waals surface area contributed by atoms with Crippen LogP contribution in [0.3, 0.4) is 0 Å². The van der Waals surface area contributed by atoms with E-state index in [-0.39, 0.29) is 12.0 Å². The van der Waals surface area contributed by atoms with Gasteiger partial charge in [-0.05, 0) is 36.8 Å². The first-order valence-corrected chi connectivity index (χ1v) is 11.0. The average Bonchev–Trinajstić information content (AvgIpc) is 3.21. The van der Waals surface area contributed by atoms with Gasteiger partial charge in [-0.25, -0.2) is 9.78 Å². The molecule has 0 atom stereocenters. The number of amides is 2. The lowest BCUT2D eigenvalue weighted by molar-refractivity contribution is 0.0570. The largest absolute Gasteiger partial charge is 0.450 e. The maximum absolute atomic E-state index is 12.8. The number of piperazine rings is 1. The quantitative estimate of drug-likeness (QED) is 0.631. The summed E-state index contributed by atoms with van der Waals surface area (Å²) in [5.41, 5.74) is 3.79. The molecule has 7 nitrogen and oxygen atoms in total. The molecule has 0 saturated carbocycles. The van der Waals surface area contributed by atoms with E-state index in [0.717, 1.165) is 27.5 Å². The molecule has 2 aromatic carbocycles. The Morgan fingerprint density at radius 2 is 1.73 bits per heavy atom. The van der Waals surface area contributed by atoms with Crippen LogP contribution in [0, 0.1) is 0 Å². The Balaban J connectivity index is 1.31. The number of ether oxygens (including phenoxy) is 1. The van der Waals surface area contributed by atoms with Crippen molar-refractivity contribution >= 4 is 34.8 Å². The van der Waals surface area contributed by atoms with E-state index in [1.165, 1.54) is 0 Å². The number of carbonyl (C=O) groups is 2. The van der Waals surface area contributed by atoms with E-state index < -0.39 is 0 Å². The van der Waals surface area contributed by atoms with Gasteiger partial charge in [0.1, 0.15) is 0 Å². The van der Waals surface area contributed by atoms with Crippen LogP contribution in [0.5, 0.6) is 0 Å². The van der Waals surface area contributed by atoms with Crippen molar-refractivity contribution in [3.05, 3.63) is 59.7 Å². The number of carbonyl (C=O) groups excluding carboxylic acids is 2. The lowest BCUT2D eigenvalue weighted by Gasteiger charge is -2.34. The molecule has 30 heavy (non-hydrogen) atoms. The molecule has 2 heterocycles. The highest BCUT2D eigenvalue weighted by molar-refractivity contribution is 7.98. The van der Waals surface area contributed by atoms with Crippen LogP contribution in [0.1, 0.15) is 22.8 Å². The summed E-state index contributed by atoms with van der Waals surface area (Å²) in [5.74, 6) is 0.766. The zero-order chi connectivity index (χ0) is 20.9. The van der Waals surface area contributed by atoms with Crippen LogP contribution in [-0.2, 0) is 10.5 Å². The van der Waals surface area contributed by atoms with Crippen LogP contribution in [0.2, 0.25) is 0 Å². The summed E-state index contributed by atoms with van der Waals surface area (Å²) in [6, 6.07) is 15.7. The maximum atomic E-state index is 12.8. The summed E-state index contributed by atoms with van der Waals surface area (Å²) in [5, 5.41) is 0.885. The minimum absolute atomic E-state index is 0.00463. The van der Waals surface area contributed by atoms with Crippen LogP contribution < -0.4 is 0 Å². The number of thioether (sulfide) groups is 1. The van der Waals surface area contributed by atoms with Gasteiger partial charge in [0.25, 0.3) is 5.91 Å². The number of fused-ring (bicyclic) bond motifs is 1. The van der Waals surface area contributed by atoms with E-state index in [1.807, 2.05) is 48.5 Å². The first-order valence-electron chi connectivity index (χ1n) is 10.0. The molecule has 0 unspecified atom stereocenters. The summed E-state index contributed by atoms with van der Waals surface area (Å²) in [4.78, 5) is 35.9. The molecule has 1 aromatic heterocycles. The Morgan fingerprint density at radius 3 is 2.43 bits per heavy atom. The highest BCUT2D eigenvalue weighted by Gasteiger charge is 2.25. The van der Waals surface area contributed by atoms with Crippen molar-refractivity contribution in [2.24, 2.45) is 0 Å². The molecule has 0 bridgehead atoms. The third kappa shape index (κ3) is 4.59. The molecule has 1 N–H and O–H groups in total. The molecule has 0 spiro atoms. The first kappa shape index (κ1) is 20.3. The van der Waals surface area contributed by atoms with Gasteiger partial charge in [0.05, 0.1) is 17.6 Å². The van der Waals surface area contributed by atoms with Gasteiger partial charge < -0.3 is 19.5 Å². The van der Waals surface area contributed by atoms with Gasteiger partial charge in [0.2, 0.25) is 0 Å². The highest BCUT2D eigenvalue weighted by Crippen LogP contribution is 2.23. The molecular weight excluding hydrogens is 400 g/mol. The molecule has 4 rings (SSSR count). The molecule has 0 aliphatic carbocycles. The fraction of sp³-hybridized carbons (Fsp3) is 0.318. The first-order chi connectivity index (χ1) is 14.6. The fourth-order valence-corrected chi connectivity index (χ4v) is 4.22. The maximum Gasteiger partial charge on any atom is 0.409 e. The predicted octanol–water partition coefficient (Wildman–Crippen LogP) is 3.77. The van der Waals surface area contributed by atoms with E-state index in [9.17, 15) is 9.59 Å².